The van der Waals surface area contributed by atoms with Crippen molar-refractivity contribution < 1.29 is 9.53 Å². The van der Waals surface area contributed by atoms with E-state index in [1.54, 1.807) is 6.20 Å². The molecule has 0 amide bonds. The number of esters is 1. The van der Waals surface area contributed by atoms with Gasteiger partial charge in [0.05, 0.1) is 12.2 Å². The van der Waals surface area contributed by atoms with Crippen molar-refractivity contribution >= 4 is 5.97 Å². The summed E-state index contributed by atoms with van der Waals surface area (Å²) >= 11 is 0. The van der Waals surface area contributed by atoms with E-state index in [4.69, 9.17) is 4.74 Å². The number of carbonyl (C=O) groups is 1. The molecule has 0 aliphatic heterocycles. The van der Waals surface area contributed by atoms with Gasteiger partial charge in [-0.25, -0.2) is 4.79 Å². The molecule has 3 nitrogen and oxygen atoms in total. The maximum absolute atomic E-state index is 11.5. The highest BCUT2D eigenvalue weighted by atomic mass is 16.5. The largest absolute Gasteiger partial charge is 0.462 e. The van der Waals surface area contributed by atoms with Gasteiger partial charge in [0.2, 0.25) is 0 Å². The quantitative estimate of drug-likeness (QED) is 0.694. The van der Waals surface area contributed by atoms with Crippen molar-refractivity contribution in [2.75, 3.05) is 6.61 Å². The smallest absolute Gasteiger partial charge is 0.339 e. The zero-order valence-electron chi connectivity index (χ0n) is 8.95. The molecular formula is C12H15NO2. The molecule has 0 N–H and O–H groups in total. The maximum atomic E-state index is 11.5. The van der Waals surface area contributed by atoms with Gasteiger partial charge in [-0.2, -0.15) is 0 Å². The van der Waals surface area contributed by atoms with Crippen LogP contribution in [0.15, 0.2) is 12.3 Å². The lowest BCUT2D eigenvalue weighted by molar-refractivity contribution is 0.0525. The fourth-order valence-corrected chi connectivity index (χ4v) is 1.91. The lowest BCUT2D eigenvalue weighted by Gasteiger charge is -2.14. The van der Waals surface area contributed by atoms with Crippen LogP contribution in [0.1, 0.15) is 41.4 Å². The summed E-state index contributed by atoms with van der Waals surface area (Å²) in [5.41, 5.74) is 2.94. The molecule has 0 unspecified atom stereocenters. The molecule has 0 aromatic carbocycles. The Morgan fingerprint density at radius 2 is 2.27 bits per heavy atom. The number of hydrogen-bond donors (Lipinski definition) is 0. The van der Waals surface area contributed by atoms with Crippen molar-refractivity contribution in [2.24, 2.45) is 0 Å². The molecule has 1 heterocycles. The third kappa shape index (κ3) is 2.17. The van der Waals surface area contributed by atoms with Crippen LogP contribution in [0.3, 0.4) is 0 Å². The molecule has 1 aromatic rings. The summed E-state index contributed by atoms with van der Waals surface area (Å²) in [4.78, 5) is 15.8. The number of aryl methyl sites for hydroxylation is 2. The van der Waals surface area contributed by atoms with Gasteiger partial charge < -0.3 is 4.74 Å². The van der Waals surface area contributed by atoms with Crippen LogP contribution in [0, 0.1) is 0 Å². The maximum Gasteiger partial charge on any atom is 0.339 e. The van der Waals surface area contributed by atoms with E-state index >= 15 is 0 Å². The highest BCUT2D eigenvalue weighted by molar-refractivity contribution is 5.89. The molecule has 0 saturated heterocycles. The number of hydrogen-bond acceptors (Lipinski definition) is 3. The highest BCUT2D eigenvalue weighted by Gasteiger charge is 2.14. The Labute approximate surface area is 89.5 Å². The summed E-state index contributed by atoms with van der Waals surface area (Å²) in [6.07, 6.45) is 6.11. The van der Waals surface area contributed by atoms with Crippen LogP contribution in [0.25, 0.3) is 0 Å². The predicted octanol–water partition coefficient (Wildman–Crippen LogP) is 2.14. The van der Waals surface area contributed by atoms with Crippen molar-refractivity contribution in [2.45, 2.75) is 32.6 Å². The van der Waals surface area contributed by atoms with Crippen molar-refractivity contribution in [3.05, 3.63) is 29.1 Å². The second kappa shape index (κ2) is 4.43. The number of rotatable bonds is 2. The minimum atomic E-state index is -0.265. The van der Waals surface area contributed by atoms with Crippen LogP contribution in [0.2, 0.25) is 0 Å². The van der Waals surface area contributed by atoms with Crippen LogP contribution < -0.4 is 0 Å². The number of aromatic nitrogens is 1. The number of ether oxygens (including phenoxy) is 1. The van der Waals surface area contributed by atoms with Crippen LogP contribution in [0.5, 0.6) is 0 Å². The molecule has 0 radical (unpaired) electrons. The molecule has 15 heavy (non-hydrogen) atoms. The predicted molar refractivity (Wildman–Crippen MR) is 56.8 cm³/mol. The van der Waals surface area contributed by atoms with Crippen molar-refractivity contribution in [3.63, 3.8) is 0 Å². The third-order valence-corrected chi connectivity index (χ3v) is 2.68. The first-order chi connectivity index (χ1) is 7.31. The second-order valence-corrected chi connectivity index (χ2v) is 3.76. The Bertz CT molecular complexity index is 374. The molecule has 2 rings (SSSR count). The number of carbonyl (C=O) groups excluding carboxylic acids is 1. The van der Waals surface area contributed by atoms with Gasteiger partial charge >= 0.3 is 5.97 Å². The van der Waals surface area contributed by atoms with Gasteiger partial charge in [0.15, 0.2) is 0 Å². The van der Waals surface area contributed by atoms with Gasteiger partial charge in [-0.15, -0.1) is 0 Å². The van der Waals surface area contributed by atoms with Crippen molar-refractivity contribution in [1.29, 1.82) is 0 Å². The molecule has 80 valence electrons. The molecule has 0 atom stereocenters. The van der Waals surface area contributed by atoms with Crippen LogP contribution in [-0.2, 0) is 17.6 Å². The monoisotopic (exact) mass is 205 g/mol. The first-order valence-corrected chi connectivity index (χ1v) is 5.46. The second-order valence-electron chi connectivity index (χ2n) is 3.76. The normalized spacial score (nSPS) is 14.5. The standard InChI is InChI=1S/C12H15NO2/c1-2-15-12(14)10-7-9-5-3-4-6-11(9)13-8-10/h7-8H,2-6H2,1H3. The van der Waals surface area contributed by atoms with E-state index in [1.807, 2.05) is 13.0 Å². The topological polar surface area (TPSA) is 39.2 Å². The van der Waals surface area contributed by atoms with Crippen LogP contribution in [0.4, 0.5) is 0 Å². The van der Waals surface area contributed by atoms with Gasteiger partial charge in [0, 0.05) is 11.9 Å². The molecule has 0 spiro atoms. The zero-order valence-corrected chi connectivity index (χ0v) is 8.95. The summed E-state index contributed by atoms with van der Waals surface area (Å²) in [7, 11) is 0. The highest BCUT2D eigenvalue weighted by Crippen LogP contribution is 2.20. The molecule has 0 bridgehead atoms. The van der Waals surface area contributed by atoms with Crippen LogP contribution >= 0.6 is 0 Å². The van der Waals surface area contributed by atoms with Gasteiger partial charge in [-0.05, 0) is 44.2 Å². The fraction of sp³-hybridized carbons (Fsp3) is 0.500. The van der Waals surface area contributed by atoms with E-state index in [2.05, 4.69) is 4.98 Å². The first-order valence-electron chi connectivity index (χ1n) is 5.46. The van der Waals surface area contributed by atoms with E-state index in [0.29, 0.717) is 12.2 Å². The van der Waals surface area contributed by atoms with Crippen molar-refractivity contribution in [3.8, 4) is 0 Å². The Kier molecular flexibility index (Phi) is 2.99. The molecule has 1 aromatic heterocycles. The lowest BCUT2D eigenvalue weighted by atomic mass is 9.95. The minimum absolute atomic E-state index is 0.265. The Morgan fingerprint density at radius 3 is 3.07 bits per heavy atom. The summed E-state index contributed by atoms with van der Waals surface area (Å²) in [6, 6.07) is 1.93. The van der Waals surface area contributed by atoms with Gasteiger partial charge in [-0.3, -0.25) is 4.98 Å². The Morgan fingerprint density at radius 1 is 1.47 bits per heavy atom. The molecule has 1 aliphatic carbocycles. The number of pyridine rings is 1. The van der Waals surface area contributed by atoms with E-state index in [9.17, 15) is 4.79 Å². The van der Waals surface area contributed by atoms with E-state index < -0.39 is 0 Å². The lowest BCUT2D eigenvalue weighted by Crippen LogP contribution is -2.10. The SMILES string of the molecule is CCOC(=O)c1cnc2c(c1)CCCC2. The summed E-state index contributed by atoms with van der Waals surface area (Å²) < 4.78 is 4.94. The Hall–Kier alpha value is -1.38. The molecule has 1 aliphatic rings. The van der Waals surface area contributed by atoms with Gasteiger partial charge in [0.1, 0.15) is 0 Å². The fourth-order valence-electron chi connectivity index (χ4n) is 1.91. The number of fused-ring (bicyclic) bond motifs is 1. The van der Waals surface area contributed by atoms with Gasteiger partial charge in [0.25, 0.3) is 0 Å². The zero-order chi connectivity index (χ0) is 10.7. The minimum Gasteiger partial charge on any atom is -0.462 e. The average Bonchev–Trinajstić information content (AvgIpc) is 2.29. The van der Waals surface area contributed by atoms with Gasteiger partial charge in [-0.1, -0.05) is 0 Å². The summed E-state index contributed by atoms with van der Waals surface area (Å²) in [5.74, 6) is -0.265. The van der Waals surface area contributed by atoms with E-state index in [1.165, 1.54) is 18.4 Å². The Balaban J connectivity index is 2.24. The van der Waals surface area contributed by atoms with E-state index in [-0.39, 0.29) is 5.97 Å². The van der Waals surface area contributed by atoms with E-state index in [0.717, 1.165) is 18.5 Å². The summed E-state index contributed by atoms with van der Waals surface area (Å²) in [5, 5.41) is 0. The first kappa shape index (κ1) is 10.1. The average molecular weight is 205 g/mol. The number of nitrogens with zero attached hydrogens (tertiary/aromatic N) is 1. The molecule has 3 heteroatoms. The molecule has 0 saturated carbocycles. The molecule has 0 fully saturated rings. The summed E-state index contributed by atoms with van der Waals surface area (Å²) in [6.45, 7) is 2.22. The molecular weight excluding hydrogens is 190 g/mol. The van der Waals surface area contributed by atoms with Crippen molar-refractivity contribution in [1.82, 2.24) is 4.98 Å². The van der Waals surface area contributed by atoms with Crippen LogP contribution in [-0.4, -0.2) is 17.6 Å². The third-order valence-electron chi connectivity index (χ3n) is 2.68.